The maximum absolute atomic E-state index is 11.8. The molecule has 138 valence electrons. The first-order chi connectivity index (χ1) is 11.8. The van der Waals surface area contributed by atoms with Crippen LogP contribution >= 0.6 is 11.6 Å². The van der Waals surface area contributed by atoms with Crippen molar-refractivity contribution in [2.45, 2.75) is 44.1 Å². The molecule has 3 atom stereocenters. The molecule has 5 N–H and O–H groups in total. The number of halogens is 1. The molecule has 0 spiro atoms. The summed E-state index contributed by atoms with van der Waals surface area (Å²) in [7, 11) is -1.37. The molecule has 6 nitrogen and oxygen atoms in total. The quantitative estimate of drug-likeness (QED) is 0.521. The molecule has 0 bridgehead atoms. The minimum absolute atomic E-state index is 0.0768. The summed E-state index contributed by atoms with van der Waals surface area (Å²) >= 11 is 5.96. The zero-order valence-electron chi connectivity index (χ0n) is 14.4. The van der Waals surface area contributed by atoms with Crippen molar-refractivity contribution in [3.63, 3.8) is 0 Å². The number of aliphatic carboxylic acids is 1. The highest BCUT2D eigenvalue weighted by Gasteiger charge is 2.50. The standard InChI is InChI=1S/C17H26BClN2O4/c1-2-15(12-5-7-14(19)8-6-12)21-10-13(4-3-9-18(24)25)17(20,11-21)16(22)23/h5-8,13,15,24-25H,2-4,9-11,20H2,1H3,(H,22,23)/t13-,15?,17-/m0/s1. The van der Waals surface area contributed by atoms with Gasteiger partial charge in [0.25, 0.3) is 0 Å². The maximum atomic E-state index is 11.8. The van der Waals surface area contributed by atoms with Crippen LogP contribution in [0.5, 0.6) is 0 Å². The molecule has 1 aromatic carbocycles. The Labute approximate surface area is 153 Å². The fourth-order valence-corrected chi connectivity index (χ4v) is 3.87. The van der Waals surface area contributed by atoms with Crippen molar-refractivity contribution in [1.29, 1.82) is 0 Å². The Kier molecular flexibility index (Phi) is 6.88. The summed E-state index contributed by atoms with van der Waals surface area (Å²) in [4.78, 5) is 13.9. The van der Waals surface area contributed by atoms with Crippen molar-refractivity contribution < 1.29 is 19.9 Å². The van der Waals surface area contributed by atoms with Crippen molar-refractivity contribution in [3.05, 3.63) is 34.9 Å². The second-order valence-electron chi connectivity index (χ2n) is 6.86. The summed E-state index contributed by atoms with van der Waals surface area (Å²) in [5.41, 5.74) is 6.03. The Hall–Kier alpha value is -1.12. The Bertz CT molecular complexity index is 587. The molecule has 1 heterocycles. The van der Waals surface area contributed by atoms with E-state index in [9.17, 15) is 9.90 Å². The topological polar surface area (TPSA) is 107 Å². The van der Waals surface area contributed by atoms with E-state index in [4.69, 9.17) is 27.4 Å². The number of rotatable bonds is 8. The number of carboxylic acid groups (broad SMARTS) is 1. The third-order valence-corrected chi connectivity index (χ3v) is 5.40. The molecule has 1 fully saturated rings. The highest BCUT2D eigenvalue weighted by molar-refractivity contribution is 6.40. The van der Waals surface area contributed by atoms with Crippen LogP contribution in [0.15, 0.2) is 24.3 Å². The Balaban J connectivity index is 2.15. The molecule has 0 amide bonds. The third kappa shape index (κ3) is 4.74. The van der Waals surface area contributed by atoms with Gasteiger partial charge < -0.3 is 20.9 Å². The second kappa shape index (κ2) is 8.51. The number of hydrogen-bond donors (Lipinski definition) is 4. The van der Waals surface area contributed by atoms with E-state index < -0.39 is 18.6 Å². The number of likely N-dealkylation sites (tertiary alicyclic amines) is 1. The van der Waals surface area contributed by atoms with Crippen LogP contribution in [0.1, 0.15) is 37.8 Å². The van der Waals surface area contributed by atoms with Gasteiger partial charge in [-0.3, -0.25) is 9.69 Å². The van der Waals surface area contributed by atoms with E-state index in [1.54, 1.807) is 0 Å². The fourth-order valence-electron chi connectivity index (χ4n) is 3.74. The third-order valence-electron chi connectivity index (χ3n) is 5.14. The summed E-state index contributed by atoms with van der Waals surface area (Å²) in [5.74, 6) is -1.24. The Morgan fingerprint density at radius 3 is 2.60 bits per heavy atom. The van der Waals surface area contributed by atoms with Crippen LogP contribution in [0.3, 0.4) is 0 Å². The monoisotopic (exact) mass is 368 g/mol. The average Bonchev–Trinajstić information content (AvgIpc) is 2.88. The maximum Gasteiger partial charge on any atom is 0.451 e. The average molecular weight is 369 g/mol. The van der Waals surface area contributed by atoms with Crippen molar-refractivity contribution in [2.24, 2.45) is 11.7 Å². The van der Waals surface area contributed by atoms with Crippen LogP contribution < -0.4 is 5.73 Å². The van der Waals surface area contributed by atoms with Gasteiger partial charge in [0, 0.05) is 30.1 Å². The molecule has 0 aliphatic carbocycles. The molecule has 0 radical (unpaired) electrons. The highest BCUT2D eigenvalue weighted by atomic mass is 35.5. The first-order valence-corrected chi connectivity index (χ1v) is 9.03. The van der Waals surface area contributed by atoms with Gasteiger partial charge in [-0.15, -0.1) is 0 Å². The number of nitrogens with two attached hydrogens (primary N) is 1. The van der Waals surface area contributed by atoms with Gasteiger partial charge in [-0.2, -0.15) is 0 Å². The van der Waals surface area contributed by atoms with Gasteiger partial charge in [-0.05, 0) is 36.9 Å². The molecular weight excluding hydrogens is 342 g/mol. The van der Waals surface area contributed by atoms with Gasteiger partial charge in [-0.25, -0.2) is 0 Å². The normalized spacial score (nSPS) is 25.1. The van der Waals surface area contributed by atoms with E-state index in [-0.39, 0.29) is 24.8 Å². The van der Waals surface area contributed by atoms with Crippen LogP contribution in [0.4, 0.5) is 0 Å². The fraction of sp³-hybridized carbons (Fsp3) is 0.588. The number of carboxylic acids is 1. The molecule has 0 saturated carbocycles. The van der Waals surface area contributed by atoms with Gasteiger partial charge in [-0.1, -0.05) is 37.1 Å². The Morgan fingerprint density at radius 1 is 1.44 bits per heavy atom. The number of hydrogen-bond acceptors (Lipinski definition) is 5. The summed E-state index contributed by atoms with van der Waals surface area (Å²) in [6.07, 6.45) is 2.13. The molecule has 1 aliphatic heterocycles. The van der Waals surface area contributed by atoms with Crippen LogP contribution in [0.2, 0.25) is 11.3 Å². The van der Waals surface area contributed by atoms with Gasteiger partial charge >= 0.3 is 13.1 Å². The van der Waals surface area contributed by atoms with E-state index in [0.29, 0.717) is 24.4 Å². The van der Waals surface area contributed by atoms with Crippen molar-refractivity contribution in [2.75, 3.05) is 13.1 Å². The first-order valence-electron chi connectivity index (χ1n) is 8.65. The molecule has 1 aliphatic rings. The summed E-state index contributed by atoms with van der Waals surface area (Å²) in [5, 5.41) is 28.3. The van der Waals surface area contributed by atoms with E-state index in [1.165, 1.54) is 0 Å². The number of carbonyl (C=O) groups is 1. The van der Waals surface area contributed by atoms with E-state index in [1.807, 2.05) is 24.3 Å². The predicted octanol–water partition coefficient (Wildman–Crippen LogP) is 1.76. The minimum Gasteiger partial charge on any atom is -0.480 e. The lowest BCUT2D eigenvalue weighted by Gasteiger charge is -2.28. The lowest BCUT2D eigenvalue weighted by molar-refractivity contribution is -0.144. The van der Waals surface area contributed by atoms with Crippen LogP contribution in [0.25, 0.3) is 0 Å². The van der Waals surface area contributed by atoms with Gasteiger partial charge in [0.05, 0.1) is 0 Å². The number of benzene rings is 1. The summed E-state index contributed by atoms with van der Waals surface area (Å²) < 4.78 is 0. The molecule has 25 heavy (non-hydrogen) atoms. The van der Waals surface area contributed by atoms with Gasteiger partial charge in [0.15, 0.2) is 0 Å². The van der Waals surface area contributed by atoms with Crippen molar-refractivity contribution >= 4 is 24.7 Å². The summed E-state index contributed by atoms with van der Waals surface area (Å²) in [6.45, 7) is 2.91. The SMILES string of the molecule is CCC(c1ccc(Cl)cc1)N1C[C@H](CCCB(O)O)[C@](N)(C(=O)O)C1. The molecule has 1 unspecified atom stereocenters. The van der Waals surface area contributed by atoms with Crippen LogP contribution in [-0.4, -0.2) is 51.8 Å². The van der Waals surface area contributed by atoms with E-state index in [2.05, 4.69) is 11.8 Å². The Morgan fingerprint density at radius 2 is 2.08 bits per heavy atom. The van der Waals surface area contributed by atoms with E-state index >= 15 is 0 Å². The van der Waals surface area contributed by atoms with E-state index in [0.717, 1.165) is 12.0 Å². The minimum atomic E-state index is -1.37. The smallest absolute Gasteiger partial charge is 0.451 e. The highest BCUT2D eigenvalue weighted by Crippen LogP contribution is 2.37. The lowest BCUT2D eigenvalue weighted by Crippen LogP contribution is -2.54. The largest absolute Gasteiger partial charge is 0.480 e. The van der Waals surface area contributed by atoms with Crippen molar-refractivity contribution in [1.82, 2.24) is 4.90 Å². The molecule has 1 saturated heterocycles. The lowest BCUT2D eigenvalue weighted by atomic mass is 9.78. The van der Waals surface area contributed by atoms with Gasteiger partial charge in [0.2, 0.25) is 0 Å². The first kappa shape index (κ1) is 20.2. The number of nitrogens with zero attached hydrogens (tertiary/aromatic N) is 1. The second-order valence-corrected chi connectivity index (χ2v) is 7.30. The van der Waals surface area contributed by atoms with Crippen LogP contribution in [-0.2, 0) is 4.79 Å². The zero-order chi connectivity index (χ0) is 18.6. The molecular formula is C17H26BClN2O4. The van der Waals surface area contributed by atoms with Crippen molar-refractivity contribution in [3.8, 4) is 0 Å². The molecule has 1 aromatic rings. The summed E-state index contributed by atoms with van der Waals surface area (Å²) in [6, 6.07) is 7.68. The van der Waals surface area contributed by atoms with Gasteiger partial charge in [0.1, 0.15) is 5.54 Å². The molecule has 2 rings (SSSR count). The molecule has 8 heteroatoms. The van der Waals surface area contributed by atoms with Crippen LogP contribution in [0, 0.1) is 5.92 Å². The zero-order valence-corrected chi connectivity index (χ0v) is 15.2. The molecule has 0 aromatic heterocycles. The predicted molar refractivity (Wildman–Crippen MR) is 98.3 cm³/mol.